The Morgan fingerprint density at radius 1 is 1.00 bits per heavy atom. The maximum absolute atomic E-state index is 12.3. The zero-order valence-electron chi connectivity index (χ0n) is 15.6. The molecule has 0 unspecified atom stereocenters. The van der Waals surface area contributed by atoms with Crippen LogP contribution in [0.3, 0.4) is 0 Å². The molecule has 156 valence electrons. The molecule has 28 heavy (non-hydrogen) atoms. The third-order valence-electron chi connectivity index (χ3n) is 3.56. The van der Waals surface area contributed by atoms with Crippen molar-refractivity contribution < 1.29 is 28.8 Å². The van der Waals surface area contributed by atoms with Crippen molar-refractivity contribution in [3.8, 4) is 0 Å². The van der Waals surface area contributed by atoms with E-state index in [0.717, 1.165) is 4.90 Å². The van der Waals surface area contributed by atoms with E-state index < -0.39 is 42.6 Å². The average Bonchev–Trinajstić information content (AvgIpc) is 2.64. The number of ketones is 1. The predicted molar refractivity (Wildman–Crippen MR) is 95.1 cm³/mol. The number of amides is 5. The summed E-state index contributed by atoms with van der Waals surface area (Å²) >= 11 is 0. The number of carbonyl (C=O) groups is 6. The molecule has 1 aliphatic rings. The van der Waals surface area contributed by atoms with Crippen molar-refractivity contribution in [2.24, 2.45) is 5.73 Å². The van der Waals surface area contributed by atoms with Crippen LogP contribution in [0, 0.1) is 0 Å². The van der Waals surface area contributed by atoms with Gasteiger partial charge in [-0.1, -0.05) is 0 Å². The Balaban J connectivity index is 2.80. The summed E-state index contributed by atoms with van der Waals surface area (Å²) in [5, 5.41) is 9.47. The van der Waals surface area contributed by atoms with E-state index in [2.05, 4.69) is 21.3 Å². The summed E-state index contributed by atoms with van der Waals surface area (Å²) in [4.78, 5) is 73.0. The molecule has 1 aliphatic heterocycles. The Labute approximate surface area is 161 Å². The molecule has 5 amide bonds. The fraction of sp³-hybridized carbons (Fsp3) is 0.600. The van der Waals surface area contributed by atoms with E-state index in [1.807, 2.05) is 0 Å². The quantitative estimate of drug-likeness (QED) is 0.304. The lowest BCUT2D eigenvalue weighted by Gasteiger charge is -2.24. The molecule has 0 atom stereocenters. The number of nitrogens with zero attached hydrogens (tertiary/aromatic N) is 2. The molecule has 0 aromatic carbocycles. The van der Waals surface area contributed by atoms with Gasteiger partial charge in [0.05, 0.1) is 39.4 Å². The van der Waals surface area contributed by atoms with E-state index in [4.69, 9.17) is 5.73 Å². The van der Waals surface area contributed by atoms with Gasteiger partial charge in [0.15, 0.2) is 0 Å². The summed E-state index contributed by atoms with van der Waals surface area (Å²) in [7, 11) is 0. The second kappa shape index (κ2) is 11.6. The van der Waals surface area contributed by atoms with Crippen molar-refractivity contribution in [3.63, 3.8) is 0 Å². The SMILES string of the molecule is CC(=O)CNC(=O)CN1CNC(=O)CNC(=O)CN(CN)CC(=O)NCC1=O. The van der Waals surface area contributed by atoms with E-state index in [-0.39, 0.29) is 45.3 Å². The van der Waals surface area contributed by atoms with Crippen LogP contribution in [0.5, 0.6) is 0 Å². The number of hydrogen-bond donors (Lipinski definition) is 5. The van der Waals surface area contributed by atoms with Crippen LogP contribution in [0.2, 0.25) is 0 Å². The molecule has 13 heteroatoms. The van der Waals surface area contributed by atoms with Gasteiger partial charge in [-0.05, 0) is 6.92 Å². The van der Waals surface area contributed by atoms with Gasteiger partial charge in [0.25, 0.3) is 0 Å². The maximum Gasteiger partial charge on any atom is 0.243 e. The van der Waals surface area contributed by atoms with Gasteiger partial charge in [0.1, 0.15) is 12.3 Å². The fourth-order valence-corrected chi connectivity index (χ4v) is 2.10. The number of carbonyl (C=O) groups excluding carboxylic acids is 6. The summed E-state index contributed by atoms with van der Waals surface area (Å²) in [6.07, 6.45) is 0. The minimum Gasteiger partial charge on any atom is -0.347 e. The van der Waals surface area contributed by atoms with Gasteiger partial charge in [0, 0.05) is 6.67 Å². The van der Waals surface area contributed by atoms with Crippen molar-refractivity contribution in [2.75, 3.05) is 52.6 Å². The Morgan fingerprint density at radius 2 is 1.61 bits per heavy atom. The largest absolute Gasteiger partial charge is 0.347 e. The summed E-state index contributed by atoms with van der Waals surface area (Å²) in [5.74, 6) is -3.09. The lowest BCUT2D eigenvalue weighted by Crippen LogP contribution is -2.53. The topological polar surface area (TPSA) is 183 Å². The number of nitrogens with two attached hydrogens (primary N) is 1. The molecule has 0 bridgehead atoms. The van der Waals surface area contributed by atoms with Crippen LogP contribution < -0.4 is 27.0 Å². The van der Waals surface area contributed by atoms with Crippen LogP contribution in [0.4, 0.5) is 0 Å². The molecule has 1 saturated heterocycles. The Morgan fingerprint density at radius 3 is 2.18 bits per heavy atom. The summed E-state index contributed by atoms with van der Waals surface area (Å²) in [6, 6.07) is 0. The van der Waals surface area contributed by atoms with Gasteiger partial charge in [-0.3, -0.25) is 33.7 Å². The van der Waals surface area contributed by atoms with Crippen LogP contribution >= 0.6 is 0 Å². The standard InChI is InChI=1S/C15H25N7O6/c1-10(23)2-17-14(27)7-22-9-20-11(24)3-18-12(25)5-21(8-16)6-13(26)19-4-15(22)28/h2-9,16H2,1H3,(H,17,27)(H,18,25)(H,19,26)(H,20,24). The Hall–Kier alpha value is -3.06. The van der Waals surface area contributed by atoms with E-state index in [0.29, 0.717) is 0 Å². The molecule has 0 aromatic heterocycles. The Bertz CT molecular complexity index is 638. The summed E-state index contributed by atoms with van der Waals surface area (Å²) in [6.45, 7) is -0.886. The molecule has 1 rings (SSSR count). The van der Waals surface area contributed by atoms with Crippen LogP contribution in [-0.4, -0.2) is 97.7 Å². The third-order valence-corrected chi connectivity index (χ3v) is 3.56. The van der Waals surface area contributed by atoms with Gasteiger partial charge >= 0.3 is 0 Å². The molecule has 0 saturated carbocycles. The van der Waals surface area contributed by atoms with Gasteiger partial charge in [-0.25, -0.2) is 0 Å². The average molecular weight is 399 g/mol. The van der Waals surface area contributed by atoms with Crippen molar-refractivity contribution in [2.45, 2.75) is 6.92 Å². The van der Waals surface area contributed by atoms with Gasteiger partial charge < -0.3 is 31.9 Å². The van der Waals surface area contributed by atoms with Crippen LogP contribution in [0.25, 0.3) is 0 Å². The highest BCUT2D eigenvalue weighted by Crippen LogP contribution is 1.91. The van der Waals surface area contributed by atoms with Crippen molar-refractivity contribution >= 4 is 35.3 Å². The molecule has 0 radical (unpaired) electrons. The summed E-state index contributed by atoms with van der Waals surface area (Å²) < 4.78 is 0. The molecule has 1 fully saturated rings. The molecule has 0 spiro atoms. The van der Waals surface area contributed by atoms with E-state index in [9.17, 15) is 28.8 Å². The third kappa shape index (κ3) is 9.05. The van der Waals surface area contributed by atoms with E-state index in [1.165, 1.54) is 11.8 Å². The Kier molecular flexibility index (Phi) is 9.53. The lowest BCUT2D eigenvalue weighted by molar-refractivity contribution is -0.138. The zero-order valence-corrected chi connectivity index (χ0v) is 15.6. The second-order valence-corrected chi connectivity index (χ2v) is 6.05. The highest BCUT2D eigenvalue weighted by Gasteiger charge is 2.21. The van der Waals surface area contributed by atoms with Crippen LogP contribution in [-0.2, 0) is 28.8 Å². The number of rotatable bonds is 5. The molecule has 6 N–H and O–H groups in total. The normalized spacial score (nSPS) is 17.9. The first-order valence-corrected chi connectivity index (χ1v) is 8.47. The van der Waals surface area contributed by atoms with Crippen molar-refractivity contribution in [1.82, 2.24) is 31.1 Å². The van der Waals surface area contributed by atoms with Crippen molar-refractivity contribution in [3.05, 3.63) is 0 Å². The van der Waals surface area contributed by atoms with E-state index >= 15 is 0 Å². The number of nitrogens with one attached hydrogen (secondary N) is 4. The highest BCUT2D eigenvalue weighted by molar-refractivity contribution is 5.91. The van der Waals surface area contributed by atoms with E-state index in [1.54, 1.807) is 0 Å². The predicted octanol–water partition coefficient (Wildman–Crippen LogP) is -4.94. The first-order chi connectivity index (χ1) is 13.2. The van der Waals surface area contributed by atoms with Gasteiger partial charge in [-0.2, -0.15) is 0 Å². The van der Waals surface area contributed by atoms with Crippen LogP contribution in [0.1, 0.15) is 6.92 Å². The fourth-order valence-electron chi connectivity index (χ4n) is 2.10. The number of Topliss-reactive ketones (excluding diaryl/α,β-unsaturated/α-hetero) is 1. The minimum absolute atomic E-state index is 0.0799. The van der Waals surface area contributed by atoms with Crippen LogP contribution in [0.15, 0.2) is 0 Å². The molecule has 0 aliphatic carbocycles. The smallest absolute Gasteiger partial charge is 0.243 e. The first-order valence-electron chi connectivity index (χ1n) is 8.47. The molecule has 1 heterocycles. The number of hydrogen-bond acceptors (Lipinski definition) is 8. The lowest BCUT2D eigenvalue weighted by atomic mass is 10.4. The second-order valence-electron chi connectivity index (χ2n) is 6.05. The summed E-state index contributed by atoms with van der Waals surface area (Å²) in [5.41, 5.74) is 5.49. The molecular formula is C15H25N7O6. The maximum atomic E-state index is 12.3. The molecular weight excluding hydrogens is 374 g/mol. The van der Waals surface area contributed by atoms with Gasteiger partial charge in [-0.15, -0.1) is 0 Å². The highest BCUT2D eigenvalue weighted by atomic mass is 16.2. The first kappa shape index (κ1) is 23.0. The molecule has 0 aromatic rings. The van der Waals surface area contributed by atoms with Crippen molar-refractivity contribution in [1.29, 1.82) is 0 Å². The van der Waals surface area contributed by atoms with Gasteiger partial charge in [0.2, 0.25) is 29.5 Å². The monoisotopic (exact) mass is 399 g/mol. The molecule has 13 nitrogen and oxygen atoms in total. The zero-order chi connectivity index (χ0) is 21.1. The minimum atomic E-state index is -0.619.